The van der Waals surface area contributed by atoms with Crippen molar-refractivity contribution in [1.29, 1.82) is 0 Å². The van der Waals surface area contributed by atoms with Crippen LogP contribution in [0, 0.1) is 5.82 Å². The van der Waals surface area contributed by atoms with E-state index in [-0.39, 0.29) is 5.82 Å². The molecule has 0 amide bonds. The van der Waals surface area contributed by atoms with Crippen LogP contribution in [0.15, 0.2) is 16.6 Å². The molecule has 0 saturated carbocycles. The molecule has 2 N–H and O–H groups in total. The fraction of sp³-hybridized carbons (Fsp3) is 0.250. The summed E-state index contributed by atoms with van der Waals surface area (Å²) >= 11 is 3.14. The predicted molar refractivity (Wildman–Crippen MR) is 47.9 cm³/mol. The third-order valence-electron chi connectivity index (χ3n) is 1.55. The smallest absolute Gasteiger partial charge is 0.127 e. The zero-order chi connectivity index (χ0) is 8.43. The Morgan fingerprint density at radius 1 is 1.55 bits per heavy atom. The molecule has 1 aromatic carbocycles. The number of hydrogen-bond donors (Lipinski definition) is 1. The molecule has 0 unspecified atom stereocenters. The van der Waals surface area contributed by atoms with Crippen LogP contribution < -0.4 is 5.73 Å². The molecule has 0 aromatic heterocycles. The molecule has 0 atom stereocenters. The lowest BCUT2D eigenvalue weighted by molar-refractivity contribution is 0.611. The molecule has 3 heteroatoms. The van der Waals surface area contributed by atoms with E-state index in [0.717, 1.165) is 0 Å². The van der Waals surface area contributed by atoms with Gasteiger partial charge in [0.1, 0.15) is 5.82 Å². The molecule has 60 valence electrons. The average Bonchev–Trinajstić information content (AvgIpc) is 1.97. The number of nitrogens with two attached hydrogens (primary N) is 1. The van der Waals surface area contributed by atoms with Crippen LogP contribution in [0.4, 0.5) is 10.1 Å². The molecule has 1 aromatic rings. The van der Waals surface area contributed by atoms with Gasteiger partial charge in [0, 0.05) is 10.2 Å². The molecule has 1 rings (SSSR count). The highest BCUT2D eigenvalue weighted by atomic mass is 79.9. The second-order valence-corrected chi connectivity index (χ2v) is 3.17. The lowest BCUT2D eigenvalue weighted by Gasteiger charge is -2.02. The molecule has 1 nitrogen and oxygen atoms in total. The summed E-state index contributed by atoms with van der Waals surface area (Å²) in [7, 11) is 0. The van der Waals surface area contributed by atoms with Gasteiger partial charge in [-0.3, -0.25) is 0 Å². The number of hydrogen-bond acceptors (Lipinski definition) is 1. The van der Waals surface area contributed by atoms with Crippen molar-refractivity contribution in [2.24, 2.45) is 0 Å². The number of aryl methyl sites for hydroxylation is 1. The van der Waals surface area contributed by atoms with Crippen molar-refractivity contribution in [2.45, 2.75) is 13.3 Å². The van der Waals surface area contributed by atoms with Gasteiger partial charge in [-0.1, -0.05) is 6.92 Å². The van der Waals surface area contributed by atoms with E-state index in [1.54, 1.807) is 6.07 Å². The van der Waals surface area contributed by atoms with Crippen molar-refractivity contribution in [2.75, 3.05) is 5.73 Å². The maximum atomic E-state index is 12.9. The Hall–Kier alpha value is -0.570. The minimum atomic E-state index is -0.200. The molecule has 0 saturated heterocycles. The third-order valence-corrected chi connectivity index (χ3v) is 2.23. The summed E-state index contributed by atoms with van der Waals surface area (Å²) in [6.45, 7) is 1.89. The van der Waals surface area contributed by atoms with Gasteiger partial charge in [-0.2, -0.15) is 0 Å². The van der Waals surface area contributed by atoms with E-state index >= 15 is 0 Å². The van der Waals surface area contributed by atoms with E-state index in [2.05, 4.69) is 15.9 Å². The van der Waals surface area contributed by atoms with Crippen molar-refractivity contribution in [3.8, 4) is 0 Å². The van der Waals surface area contributed by atoms with Crippen LogP contribution in [0.2, 0.25) is 0 Å². The summed E-state index contributed by atoms with van der Waals surface area (Å²) < 4.78 is 13.6. The van der Waals surface area contributed by atoms with Gasteiger partial charge in [-0.05, 0) is 40.0 Å². The molecular weight excluding hydrogens is 209 g/mol. The molecule has 0 bridgehead atoms. The summed E-state index contributed by atoms with van der Waals surface area (Å²) in [6, 6.07) is 3.05. The summed E-state index contributed by atoms with van der Waals surface area (Å²) in [5.74, 6) is -0.200. The first-order chi connectivity index (χ1) is 5.15. The van der Waals surface area contributed by atoms with Gasteiger partial charge in [0.05, 0.1) is 0 Å². The van der Waals surface area contributed by atoms with Gasteiger partial charge in [0.15, 0.2) is 0 Å². The molecule has 0 heterocycles. The van der Waals surface area contributed by atoms with Crippen LogP contribution in [-0.4, -0.2) is 0 Å². The largest absolute Gasteiger partial charge is 0.398 e. The lowest BCUT2D eigenvalue weighted by atomic mass is 10.1. The number of nitrogen functional groups attached to an aromatic ring is 1. The highest BCUT2D eigenvalue weighted by molar-refractivity contribution is 9.10. The predicted octanol–water partition coefficient (Wildman–Crippen LogP) is 2.73. The zero-order valence-electron chi connectivity index (χ0n) is 6.20. The van der Waals surface area contributed by atoms with E-state index in [1.807, 2.05) is 6.92 Å². The first-order valence-electron chi connectivity index (χ1n) is 3.38. The fourth-order valence-electron chi connectivity index (χ4n) is 0.884. The van der Waals surface area contributed by atoms with Crippen LogP contribution >= 0.6 is 15.9 Å². The third kappa shape index (κ3) is 1.71. The molecular formula is C8H9BrFN. The minimum absolute atomic E-state index is 0.200. The Balaban J connectivity index is 3.21. The van der Waals surface area contributed by atoms with E-state index in [4.69, 9.17) is 5.73 Å². The first kappa shape index (κ1) is 8.53. The van der Waals surface area contributed by atoms with Crippen LogP contribution in [0.1, 0.15) is 12.5 Å². The Morgan fingerprint density at radius 3 is 2.73 bits per heavy atom. The molecule has 0 spiro atoms. The Labute approximate surface area is 73.5 Å². The second-order valence-electron chi connectivity index (χ2n) is 2.32. The minimum Gasteiger partial charge on any atom is -0.398 e. The highest BCUT2D eigenvalue weighted by Crippen LogP contribution is 2.23. The summed E-state index contributed by atoms with van der Waals surface area (Å²) in [5, 5.41) is 0. The van der Waals surface area contributed by atoms with Gasteiger partial charge < -0.3 is 5.73 Å². The number of rotatable bonds is 1. The van der Waals surface area contributed by atoms with Gasteiger partial charge >= 0.3 is 0 Å². The molecule has 0 aliphatic heterocycles. The number of anilines is 1. The van der Waals surface area contributed by atoms with Crippen molar-refractivity contribution >= 4 is 21.6 Å². The van der Waals surface area contributed by atoms with Crippen molar-refractivity contribution in [3.05, 3.63) is 28.0 Å². The van der Waals surface area contributed by atoms with Gasteiger partial charge in [0.25, 0.3) is 0 Å². The Kier molecular flexibility index (Phi) is 2.49. The maximum Gasteiger partial charge on any atom is 0.127 e. The standard InChI is InChI=1S/C8H9BrFN/c1-2-5-3-8(11)6(9)4-7(5)10/h3-4H,2,11H2,1H3. The monoisotopic (exact) mass is 217 g/mol. The maximum absolute atomic E-state index is 12.9. The van der Waals surface area contributed by atoms with E-state index < -0.39 is 0 Å². The van der Waals surface area contributed by atoms with Crippen LogP contribution in [-0.2, 0) is 6.42 Å². The molecule has 0 aliphatic rings. The normalized spacial score (nSPS) is 10.1. The van der Waals surface area contributed by atoms with Crippen LogP contribution in [0.3, 0.4) is 0 Å². The molecule has 0 fully saturated rings. The van der Waals surface area contributed by atoms with Gasteiger partial charge in [0.2, 0.25) is 0 Å². The average molecular weight is 218 g/mol. The quantitative estimate of drug-likeness (QED) is 0.720. The number of halogens is 2. The summed E-state index contributed by atoms with van der Waals surface area (Å²) in [4.78, 5) is 0. The first-order valence-corrected chi connectivity index (χ1v) is 4.17. The fourth-order valence-corrected chi connectivity index (χ4v) is 1.20. The van der Waals surface area contributed by atoms with E-state index in [0.29, 0.717) is 22.1 Å². The van der Waals surface area contributed by atoms with Crippen molar-refractivity contribution < 1.29 is 4.39 Å². The molecule has 0 radical (unpaired) electrons. The van der Waals surface area contributed by atoms with E-state index in [9.17, 15) is 4.39 Å². The molecule has 11 heavy (non-hydrogen) atoms. The van der Waals surface area contributed by atoms with E-state index in [1.165, 1.54) is 6.07 Å². The number of benzene rings is 1. The SMILES string of the molecule is CCc1cc(N)c(Br)cc1F. The lowest BCUT2D eigenvalue weighted by Crippen LogP contribution is -1.93. The zero-order valence-corrected chi connectivity index (χ0v) is 7.78. The topological polar surface area (TPSA) is 26.0 Å². The van der Waals surface area contributed by atoms with Crippen molar-refractivity contribution in [3.63, 3.8) is 0 Å². The van der Waals surface area contributed by atoms with Gasteiger partial charge in [-0.15, -0.1) is 0 Å². The summed E-state index contributed by atoms with van der Waals surface area (Å²) in [6.07, 6.45) is 0.670. The molecule has 0 aliphatic carbocycles. The summed E-state index contributed by atoms with van der Waals surface area (Å²) in [5.41, 5.74) is 6.80. The second kappa shape index (κ2) is 3.22. The van der Waals surface area contributed by atoms with Crippen LogP contribution in [0.25, 0.3) is 0 Å². The Morgan fingerprint density at radius 2 is 2.18 bits per heavy atom. The van der Waals surface area contributed by atoms with Crippen molar-refractivity contribution in [1.82, 2.24) is 0 Å². The Bertz CT molecular complexity index is 273. The highest BCUT2D eigenvalue weighted by Gasteiger charge is 2.03. The van der Waals surface area contributed by atoms with Crippen LogP contribution in [0.5, 0.6) is 0 Å². The van der Waals surface area contributed by atoms with Gasteiger partial charge in [-0.25, -0.2) is 4.39 Å².